The van der Waals surface area contributed by atoms with Crippen LogP contribution in [-0.4, -0.2) is 4.98 Å². The summed E-state index contributed by atoms with van der Waals surface area (Å²) in [6.45, 7) is 0. The third-order valence-electron chi connectivity index (χ3n) is 3.27. The molecule has 1 aromatic carbocycles. The maximum atomic E-state index is 13.0. The molecule has 2 N–H and O–H groups in total. The predicted molar refractivity (Wildman–Crippen MR) is 62.9 cm³/mol. The van der Waals surface area contributed by atoms with Crippen LogP contribution in [0.1, 0.15) is 31.1 Å². The van der Waals surface area contributed by atoms with Crippen molar-refractivity contribution >= 4 is 5.69 Å². The van der Waals surface area contributed by atoms with Crippen molar-refractivity contribution in [2.75, 3.05) is 5.73 Å². The Bertz CT molecular complexity index is 546. The van der Waals surface area contributed by atoms with E-state index in [-0.39, 0.29) is 5.69 Å². The second-order valence-electron chi connectivity index (χ2n) is 4.44. The molecule has 0 spiro atoms. The summed E-state index contributed by atoms with van der Waals surface area (Å²) >= 11 is 0. The lowest BCUT2D eigenvalue weighted by molar-refractivity contribution is 0.335. The molecule has 0 radical (unpaired) electrons. The van der Waals surface area contributed by atoms with Gasteiger partial charge in [-0.2, -0.15) is 0 Å². The van der Waals surface area contributed by atoms with Gasteiger partial charge in [0.2, 0.25) is 0 Å². The van der Waals surface area contributed by atoms with E-state index in [2.05, 4.69) is 4.98 Å². The van der Waals surface area contributed by atoms with E-state index >= 15 is 0 Å². The van der Waals surface area contributed by atoms with Crippen molar-refractivity contribution in [3.8, 4) is 11.3 Å². The molecule has 1 aliphatic carbocycles. The van der Waals surface area contributed by atoms with Gasteiger partial charge in [0, 0.05) is 11.5 Å². The Balaban J connectivity index is 1.92. The summed E-state index contributed by atoms with van der Waals surface area (Å²) in [4.78, 5) is 4.43. The van der Waals surface area contributed by atoms with Crippen LogP contribution >= 0.6 is 0 Å². The smallest absolute Gasteiger partial charge is 0.197 e. The number of aromatic nitrogens is 1. The highest BCUT2D eigenvalue weighted by molar-refractivity contribution is 5.63. The molecule has 1 fully saturated rings. The maximum Gasteiger partial charge on any atom is 0.197 e. The molecular formula is C13H13FN2O. The Kier molecular flexibility index (Phi) is 2.35. The standard InChI is InChI=1S/C13H13FN2O/c14-10-5-4-9(6-11(10)15)12-7-17-13(16-12)8-2-1-3-8/h4-8H,1-3,15H2. The van der Waals surface area contributed by atoms with Crippen LogP contribution in [0.3, 0.4) is 0 Å². The van der Waals surface area contributed by atoms with E-state index in [1.165, 1.54) is 12.5 Å². The molecule has 0 bridgehead atoms. The molecule has 1 aliphatic rings. The largest absolute Gasteiger partial charge is 0.448 e. The van der Waals surface area contributed by atoms with E-state index in [0.29, 0.717) is 5.92 Å². The van der Waals surface area contributed by atoms with Gasteiger partial charge in [0.25, 0.3) is 0 Å². The van der Waals surface area contributed by atoms with Crippen molar-refractivity contribution in [2.24, 2.45) is 0 Å². The van der Waals surface area contributed by atoms with Crippen LogP contribution in [0.5, 0.6) is 0 Å². The molecule has 0 aliphatic heterocycles. The number of anilines is 1. The average molecular weight is 232 g/mol. The number of nitrogen functional groups attached to an aromatic ring is 1. The van der Waals surface area contributed by atoms with Gasteiger partial charge in [-0.1, -0.05) is 6.42 Å². The van der Waals surface area contributed by atoms with Crippen molar-refractivity contribution in [1.29, 1.82) is 0 Å². The van der Waals surface area contributed by atoms with Gasteiger partial charge in [-0.05, 0) is 31.0 Å². The number of rotatable bonds is 2. The van der Waals surface area contributed by atoms with E-state index < -0.39 is 5.82 Å². The van der Waals surface area contributed by atoms with Crippen molar-refractivity contribution in [2.45, 2.75) is 25.2 Å². The normalized spacial score (nSPS) is 15.8. The van der Waals surface area contributed by atoms with Crippen molar-refractivity contribution < 1.29 is 8.81 Å². The summed E-state index contributed by atoms with van der Waals surface area (Å²) in [7, 11) is 0. The summed E-state index contributed by atoms with van der Waals surface area (Å²) < 4.78 is 18.5. The zero-order valence-electron chi connectivity index (χ0n) is 9.32. The van der Waals surface area contributed by atoms with E-state index in [1.807, 2.05) is 0 Å². The highest BCUT2D eigenvalue weighted by Crippen LogP contribution is 2.36. The van der Waals surface area contributed by atoms with E-state index in [0.717, 1.165) is 30.0 Å². The first-order chi connectivity index (χ1) is 8.24. The number of hydrogen-bond acceptors (Lipinski definition) is 3. The van der Waals surface area contributed by atoms with Crippen molar-refractivity contribution in [3.05, 3.63) is 36.2 Å². The van der Waals surface area contributed by atoms with Crippen LogP contribution in [0.15, 0.2) is 28.9 Å². The van der Waals surface area contributed by atoms with Gasteiger partial charge in [0.15, 0.2) is 5.89 Å². The Morgan fingerprint density at radius 3 is 2.82 bits per heavy atom. The lowest BCUT2D eigenvalue weighted by Crippen LogP contribution is -2.08. The summed E-state index contributed by atoms with van der Waals surface area (Å²) in [5, 5.41) is 0. The minimum atomic E-state index is -0.406. The minimum Gasteiger partial charge on any atom is -0.448 e. The van der Waals surface area contributed by atoms with Crippen LogP contribution in [0.25, 0.3) is 11.3 Å². The molecule has 0 amide bonds. The van der Waals surface area contributed by atoms with Gasteiger partial charge in [0.05, 0.1) is 5.69 Å². The molecule has 17 heavy (non-hydrogen) atoms. The summed E-state index contributed by atoms with van der Waals surface area (Å²) in [6.07, 6.45) is 5.14. The zero-order valence-corrected chi connectivity index (χ0v) is 9.32. The lowest BCUT2D eigenvalue weighted by atomic mass is 9.85. The molecule has 0 atom stereocenters. The van der Waals surface area contributed by atoms with Crippen molar-refractivity contribution in [1.82, 2.24) is 4.98 Å². The summed E-state index contributed by atoms with van der Waals surface area (Å²) in [5.41, 5.74) is 7.17. The van der Waals surface area contributed by atoms with Gasteiger partial charge in [0.1, 0.15) is 17.8 Å². The quantitative estimate of drug-likeness (QED) is 0.808. The Morgan fingerprint density at radius 1 is 1.35 bits per heavy atom. The van der Waals surface area contributed by atoms with Gasteiger partial charge in [-0.25, -0.2) is 9.37 Å². The number of hydrogen-bond donors (Lipinski definition) is 1. The fourth-order valence-electron chi connectivity index (χ4n) is 1.97. The Morgan fingerprint density at radius 2 is 2.18 bits per heavy atom. The molecule has 0 unspecified atom stereocenters. The first-order valence-corrected chi connectivity index (χ1v) is 5.75. The third-order valence-corrected chi connectivity index (χ3v) is 3.27. The number of nitrogens with zero attached hydrogens (tertiary/aromatic N) is 1. The zero-order chi connectivity index (χ0) is 11.8. The molecule has 3 nitrogen and oxygen atoms in total. The Hall–Kier alpha value is -1.84. The Labute approximate surface area is 98.5 Å². The van der Waals surface area contributed by atoms with Crippen LogP contribution in [0, 0.1) is 5.82 Å². The first kappa shape index (κ1) is 10.3. The maximum absolute atomic E-state index is 13.0. The molecule has 0 saturated heterocycles. The first-order valence-electron chi connectivity index (χ1n) is 5.75. The highest BCUT2D eigenvalue weighted by atomic mass is 19.1. The monoisotopic (exact) mass is 232 g/mol. The fourth-order valence-corrected chi connectivity index (χ4v) is 1.97. The van der Waals surface area contributed by atoms with Gasteiger partial charge in [-0.3, -0.25) is 0 Å². The highest BCUT2D eigenvalue weighted by Gasteiger charge is 2.24. The number of oxazole rings is 1. The summed E-state index contributed by atoms with van der Waals surface area (Å²) in [6, 6.07) is 4.59. The van der Waals surface area contributed by atoms with Gasteiger partial charge < -0.3 is 10.2 Å². The second kappa shape index (κ2) is 3.87. The van der Waals surface area contributed by atoms with Crippen LogP contribution in [-0.2, 0) is 0 Å². The molecule has 88 valence electrons. The molecule has 4 heteroatoms. The molecule has 1 saturated carbocycles. The third kappa shape index (κ3) is 1.79. The summed E-state index contributed by atoms with van der Waals surface area (Å²) in [5.74, 6) is 0.840. The van der Waals surface area contributed by atoms with Gasteiger partial charge in [-0.15, -0.1) is 0 Å². The number of benzene rings is 1. The molecule has 2 aromatic rings. The SMILES string of the molecule is Nc1cc(-c2coc(C3CCC3)n2)ccc1F. The van der Waals surface area contributed by atoms with E-state index in [4.69, 9.17) is 10.2 Å². The van der Waals surface area contributed by atoms with Crippen LogP contribution in [0.4, 0.5) is 10.1 Å². The molecule has 1 aromatic heterocycles. The van der Waals surface area contributed by atoms with E-state index in [1.54, 1.807) is 18.4 Å². The van der Waals surface area contributed by atoms with Crippen LogP contribution in [0.2, 0.25) is 0 Å². The molecular weight excluding hydrogens is 219 g/mol. The molecule has 1 heterocycles. The molecule has 3 rings (SSSR count). The topological polar surface area (TPSA) is 52.0 Å². The number of nitrogens with two attached hydrogens (primary N) is 1. The predicted octanol–water partition coefficient (Wildman–Crippen LogP) is 3.33. The van der Waals surface area contributed by atoms with Gasteiger partial charge >= 0.3 is 0 Å². The fraction of sp³-hybridized carbons (Fsp3) is 0.308. The van der Waals surface area contributed by atoms with E-state index in [9.17, 15) is 4.39 Å². The minimum absolute atomic E-state index is 0.135. The van der Waals surface area contributed by atoms with Crippen LogP contribution < -0.4 is 5.73 Å². The number of halogens is 1. The second-order valence-corrected chi connectivity index (χ2v) is 4.44. The lowest BCUT2D eigenvalue weighted by Gasteiger charge is -2.21. The van der Waals surface area contributed by atoms with Crippen molar-refractivity contribution in [3.63, 3.8) is 0 Å². The average Bonchev–Trinajstić information content (AvgIpc) is 2.69.